The van der Waals surface area contributed by atoms with Gasteiger partial charge in [0, 0.05) is 6.04 Å². The van der Waals surface area contributed by atoms with E-state index >= 15 is 0 Å². The van der Waals surface area contributed by atoms with Crippen LogP contribution in [0.4, 0.5) is 4.79 Å². The van der Waals surface area contributed by atoms with Gasteiger partial charge in [0.2, 0.25) is 5.91 Å². The van der Waals surface area contributed by atoms with E-state index in [1.807, 2.05) is 0 Å². The van der Waals surface area contributed by atoms with E-state index in [1.165, 1.54) is 13.8 Å². The number of amides is 3. The molecule has 0 aliphatic heterocycles. The molecule has 0 radical (unpaired) electrons. The van der Waals surface area contributed by atoms with Crippen LogP contribution in [0.2, 0.25) is 0 Å². The molecule has 5 N–H and O–H groups in total. The van der Waals surface area contributed by atoms with Crippen molar-refractivity contribution in [3.8, 4) is 0 Å². The van der Waals surface area contributed by atoms with Crippen LogP contribution < -0.4 is 16.4 Å². The molecule has 0 saturated heterocycles. The number of carboxylic acid groups (broad SMARTS) is 1. The first-order valence-corrected chi connectivity index (χ1v) is 5.66. The summed E-state index contributed by atoms with van der Waals surface area (Å²) < 4.78 is 0. The fourth-order valence-corrected chi connectivity index (χ4v) is 1.19. The Morgan fingerprint density at radius 1 is 1.28 bits per heavy atom. The molecule has 104 valence electrons. The zero-order valence-electron chi connectivity index (χ0n) is 11.1. The second-order valence-corrected chi connectivity index (χ2v) is 5.04. The standard InChI is InChI=1S/C11H21N3O4/c1-6(2)7(5-8(15)16)13-10(18)14-11(3,4)9(12)17/h6-7H,5H2,1-4H3,(H2,12,17)(H,15,16)(H2,13,14,18). The molecule has 0 aliphatic carbocycles. The van der Waals surface area contributed by atoms with Gasteiger partial charge in [-0.3, -0.25) is 9.59 Å². The number of carbonyl (C=O) groups is 3. The quantitative estimate of drug-likeness (QED) is 0.538. The summed E-state index contributed by atoms with van der Waals surface area (Å²) in [6, 6.07) is -1.12. The Morgan fingerprint density at radius 2 is 1.78 bits per heavy atom. The SMILES string of the molecule is CC(C)C(CC(=O)O)NC(=O)NC(C)(C)C(N)=O. The minimum absolute atomic E-state index is 0.0384. The molecule has 0 aromatic rings. The van der Waals surface area contributed by atoms with E-state index in [0.29, 0.717) is 0 Å². The second-order valence-electron chi connectivity index (χ2n) is 5.04. The third-order valence-corrected chi connectivity index (χ3v) is 2.56. The van der Waals surface area contributed by atoms with Crippen LogP contribution in [0.5, 0.6) is 0 Å². The summed E-state index contributed by atoms with van der Waals surface area (Å²) in [5.41, 5.74) is 3.93. The summed E-state index contributed by atoms with van der Waals surface area (Å²) in [7, 11) is 0. The molecule has 0 saturated carbocycles. The molecule has 0 fully saturated rings. The summed E-state index contributed by atoms with van der Waals surface area (Å²) in [4.78, 5) is 33.3. The Morgan fingerprint density at radius 3 is 2.11 bits per heavy atom. The number of nitrogens with one attached hydrogen (secondary N) is 2. The van der Waals surface area contributed by atoms with Crippen LogP contribution in [-0.4, -0.2) is 34.6 Å². The Balaban J connectivity index is 4.52. The smallest absolute Gasteiger partial charge is 0.315 e. The highest BCUT2D eigenvalue weighted by atomic mass is 16.4. The van der Waals surface area contributed by atoms with Crippen molar-refractivity contribution in [2.75, 3.05) is 0 Å². The molecule has 1 unspecified atom stereocenters. The van der Waals surface area contributed by atoms with Gasteiger partial charge in [-0.15, -0.1) is 0 Å². The number of carboxylic acids is 1. The lowest BCUT2D eigenvalue weighted by Gasteiger charge is -2.26. The van der Waals surface area contributed by atoms with Crippen molar-refractivity contribution in [3.05, 3.63) is 0 Å². The first-order valence-electron chi connectivity index (χ1n) is 5.66. The Kier molecular flexibility index (Phi) is 5.61. The largest absolute Gasteiger partial charge is 0.481 e. The fraction of sp³-hybridized carbons (Fsp3) is 0.727. The van der Waals surface area contributed by atoms with Gasteiger partial charge in [-0.25, -0.2) is 4.79 Å². The first-order chi connectivity index (χ1) is 8.06. The monoisotopic (exact) mass is 259 g/mol. The average Bonchev–Trinajstić information content (AvgIpc) is 2.14. The van der Waals surface area contributed by atoms with Crippen LogP contribution in [0, 0.1) is 5.92 Å². The number of rotatable bonds is 6. The van der Waals surface area contributed by atoms with Crippen molar-refractivity contribution in [2.45, 2.75) is 45.7 Å². The topological polar surface area (TPSA) is 122 Å². The molecular formula is C11H21N3O4. The summed E-state index contributed by atoms with van der Waals surface area (Å²) in [5, 5.41) is 13.6. The molecule has 0 aromatic carbocycles. The van der Waals surface area contributed by atoms with Gasteiger partial charge < -0.3 is 21.5 Å². The number of urea groups is 1. The third kappa shape index (κ3) is 5.51. The van der Waals surface area contributed by atoms with Gasteiger partial charge in [0.05, 0.1) is 6.42 Å². The highest BCUT2D eigenvalue weighted by molar-refractivity contribution is 5.89. The molecule has 0 aliphatic rings. The molecule has 18 heavy (non-hydrogen) atoms. The van der Waals surface area contributed by atoms with Gasteiger partial charge >= 0.3 is 12.0 Å². The number of nitrogens with two attached hydrogens (primary N) is 1. The van der Waals surface area contributed by atoms with E-state index in [9.17, 15) is 14.4 Å². The number of carbonyl (C=O) groups excluding carboxylic acids is 2. The van der Waals surface area contributed by atoms with E-state index in [2.05, 4.69) is 10.6 Å². The normalized spacial score (nSPS) is 12.9. The molecule has 0 bridgehead atoms. The number of primary amides is 1. The first kappa shape index (κ1) is 16.2. The van der Waals surface area contributed by atoms with Crippen molar-refractivity contribution in [2.24, 2.45) is 11.7 Å². The second kappa shape index (κ2) is 6.23. The minimum Gasteiger partial charge on any atom is -0.481 e. The van der Waals surface area contributed by atoms with E-state index in [0.717, 1.165) is 0 Å². The molecular weight excluding hydrogens is 238 g/mol. The van der Waals surface area contributed by atoms with Gasteiger partial charge in [0.15, 0.2) is 0 Å². The molecule has 0 aromatic heterocycles. The predicted molar refractivity (Wildman–Crippen MR) is 65.8 cm³/mol. The van der Waals surface area contributed by atoms with Crippen molar-refractivity contribution in [3.63, 3.8) is 0 Å². The molecule has 0 spiro atoms. The zero-order chi connectivity index (χ0) is 14.5. The lowest BCUT2D eigenvalue weighted by molar-refractivity contribution is -0.137. The Labute approximate surface area is 106 Å². The van der Waals surface area contributed by atoms with Gasteiger partial charge in [-0.1, -0.05) is 13.8 Å². The maximum atomic E-state index is 11.6. The van der Waals surface area contributed by atoms with Crippen molar-refractivity contribution < 1.29 is 19.5 Å². The van der Waals surface area contributed by atoms with Gasteiger partial charge in [-0.05, 0) is 19.8 Å². The number of hydrogen-bond acceptors (Lipinski definition) is 3. The van der Waals surface area contributed by atoms with Crippen molar-refractivity contribution in [1.29, 1.82) is 0 Å². The maximum absolute atomic E-state index is 11.6. The van der Waals surface area contributed by atoms with Crippen LogP contribution in [0.25, 0.3) is 0 Å². The Bertz CT molecular complexity index is 339. The minimum atomic E-state index is -1.19. The highest BCUT2D eigenvalue weighted by Crippen LogP contribution is 2.07. The third-order valence-electron chi connectivity index (χ3n) is 2.56. The lowest BCUT2D eigenvalue weighted by atomic mass is 10.0. The van der Waals surface area contributed by atoms with Crippen LogP contribution >= 0.6 is 0 Å². The summed E-state index contributed by atoms with van der Waals surface area (Å²) in [6.07, 6.45) is -0.178. The Hall–Kier alpha value is -1.79. The predicted octanol–water partition coefficient (Wildman–Crippen LogP) is 0.0488. The average molecular weight is 259 g/mol. The molecule has 0 heterocycles. The van der Waals surface area contributed by atoms with Crippen molar-refractivity contribution in [1.82, 2.24) is 10.6 Å². The van der Waals surface area contributed by atoms with Gasteiger partial charge in [0.1, 0.15) is 5.54 Å². The maximum Gasteiger partial charge on any atom is 0.315 e. The van der Waals surface area contributed by atoms with Crippen molar-refractivity contribution >= 4 is 17.9 Å². The van der Waals surface area contributed by atoms with E-state index in [-0.39, 0.29) is 12.3 Å². The number of hydrogen-bond donors (Lipinski definition) is 4. The van der Waals surface area contributed by atoms with E-state index < -0.39 is 29.5 Å². The summed E-state index contributed by atoms with van der Waals surface area (Å²) >= 11 is 0. The van der Waals surface area contributed by atoms with Gasteiger partial charge in [-0.2, -0.15) is 0 Å². The van der Waals surface area contributed by atoms with E-state index in [1.54, 1.807) is 13.8 Å². The molecule has 7 heteroatoms. The lowest BCUT2D eigenvalue weighted by Crippen LogP contribution is -2.57. The molecule has 1 atom stereocenters. The summed E-state index contributed by atoms with van der Waals surface area (Å²) in [5.74, 6) is -1.70. The van der Waals surface area contributed by atoms with Crippen LogP contribution in [-0.2, 0) is 9.59 Å². The van der Waals surface area contributed by atoms with E-state index in [4.69, 9.17) is 10.8 Å². The van der Waals surface area contributed by atoms with Crippen LogP contribution in [0.15, 0.2) is 0 Å². The zero-order valence-corrected chi connectivity index (χ0v) is 11.1. The van der Waals surface area contributed by atoms with Gasteiger partial charge in [0.25, 0.3) is 0 Å². The fourth-order valence-electron chi connectivity index (χ4n) is 1.19. The summed E-state index contributed by atoms with van der Waals surface area (Å²) in [6.45, 7) is 6.53. The molecule has 7 nitrogen and oxygen atoms in total. The number of aliphatic carboxylic acids is 1. The highest BCUT2D eigenvalue weighted by Gasteiger charge is 2.28. The van der Waals surface area contributed by atoms with Crippen LogP contribution in [0.3, 0.4) is 0 Å². The van der Waals surface area contributed by atoms with Crippen LogP contribution in [0.1, 0.15) is 34.1 Å². The molecule has 3 amide bonds. The molecule has 0 rings (SSSR count).